The first-order valence-electron chi connectivity index (χ1n) is 13.2. The van der Waals surface area contributed by atoms with Gasteiger partial charge in [-0.15, -0.1) is 0 Å². The molecule has 0 bridgehead atoms. The summed E-state index contributed by atoms with van der Waals surface area (Å²) in [5.74, 6) is 2.59. The Balaban J connectivity index is 0. The zero-order chi connectivity index (χ0) is 25.8. The minimum Gasteiger partial charge on any atom is -0.390 e. The van der Waals surface area contributed by atoms with E-state index in [-0.39, 0.29) is 0 Å². The van der Waals surface area contributed by atoms with Crippen molar-refractivity contribution in [2.24, 2.45) is 5.73 Å². The van der Waals surface area contributed by atoms with Gasteiger partial charge in [-0.3, -0.25) is 5.41 Å². The maximum atomic E-state index is 5.86. The topological polar surface area (TPSA) is 49.9 Å². The van der Waals surface area contributed by atoms with E-state index in [1.165, 1.54) is 47.9 Å². The van der Waals surface area contributed by atoms with Gasteiger partial charge in [-0.1, -0.05) is 124 Å². The van der Waals surface area contributed by atoms with E-state index in [4.69, 9.17) is 5.41 Å². The van der Waals surface area contributed by atoms with Crippen LogP contribution in [0.5, 0.6) is 0 Å². The second-order valence-corrected chi connectivity index (χ2v) is 8.75. The van der Waals surface area contributed by atoms with Gasteiger partial charge in [-0.25, -0.2) is 0 Å². The van der Waals surface area contributed by atoms with Crippen molar-refractivity contribution in [2.45, 2.75) is 119 Å². The van der Waals surface area contributed by atoms with Gasteiger partial charge in [-0.05, 0) is 65.2 Å². The number of hydrogen-bond donors (Lipinski definition) is 2. The summed E-state index contributed by atoms with van der Waals surface area (Å²) in [6.07, 6.45) is 5.86. The van der Waals surface area contributed by atoms with E-state index in [0.717, 1.165) is 6.34 Å². The van der Waals surface area contributed by atoms with Gasteiger partial charge in [0.05, 0.1) is 6.34 Å². The Morgan fingerprint density at radius 3 is 1.33 bits per heavy atom. The molecular weight excluding hydrogens is 400 g/mol. The van der Waals surface area contributed by atoms with Gasteiger partial charge in [0, 0.05) is 0 Å². The van der Waals surface area contributed by atoms with Crippen molar-refractivity contribution >= 4 is 6.34 Å². The number of hydrogen-bond acceptors (Lipinski definition) is 1. The maximum Gasteiger partial charge on any atom is 0.0765 e. The lowest BCUT2D eigenvalue weighted by Crippen LogP contribution is -2.01. The van der Waals surface area contributed by atoms with Crippen LogP contribution < -0.4 is 5.73 Å². The zero-order valence-electron chi connectivity index (χ0n) is 23.4. The van der Waals surface area contributed by atoms with Gasteiger partial charge in [-0.2, -0.15) is 0 Å². The first kappa shape index (κ1) is 33.1. The highest BCUT2D eigenvalue weighted by Crippen LogP contribution is 2.30. The summed E-state index contributed by atoms with van der Waals surface area (Å²) in [6.45, 7) is 21.8. The van der Waals surface area contributed by atoms with Crippen molar-refractivity contribution in [3.8, 4) is 0 Å². The molecule has 0 radical (unpaired) electrons. The van der Waals surface area contributed by atoms with Gasteiger partial charge >= 0.3 is 0 Å². The van der Waals surface area contributed by atoms with Crippen LogP contribution in [0.1, 0.15) is 141 Å². The smallest absolute Gasteiger partial charge is 0.0765 e. The van der Waals surface area contributed by atoms with Gasteiger partial charge in [0.15, 0.2) is 0 Å². The number of rotatable bonds is 9. The molecule has 0 aromatic heterocycles. The van der Waals surface area contributed by atoms with Crippen molar-refractivity contribution < 1.29 is 0 Å². The van der Waals surface area contributed by atoms with E-state index in [1.807, 2.05) is 27.7 Å². The normalized spacial score (nSPS) is 11.8. The van der Waals surface area contributed by atoms with Crippen LogP contribution in [0, 0.1) is 5.41 Å². The molecule has 0 saturated carbocycles. The highest BCUT2D eigenvalue weighted by molar-refractivity contribution is 5.46. The number of benzene rings is 2. The molecule has 2 aromatic rings. The molecule has 2 aromatic carbocycles. The zero-order valence-corrected chi connectivity index (χ0v) is 23.4. The fourth-order valence-electron chi connectivity index (χ4n) is 3.81. The summed E-state index contributed by atoms with van der Waals surface area (Å²) in [5.41, 5.74) is 10.3. The predicted molar refractivity (Wildman–Crippen MR) is 152 cm³/mol. The Kier molecular flexibility index (Phi) is 20.6. The van der Waals surface area contributed by atoms with Crippen LogP contribution in [0.4, 0.5) is 0 Å². The summed E-state index contributed by atoms with van der Waals surface area (Å²) in [6, 6.07) is 18.6. The van der Waals surface area contributed by atoms with Crippen LogP contribution in [0.2, 0.25) is 0 Å². The molecule has 2 atom stereocenters. The highest BCUT2D eigenvalue weighted by Gasteiger charge is 2.12. The molecule has 33 heavy (non-hydrogen) atoms. The van der Waals surface area contributed by atoms with Crippen LogP contribution >= 0.6 is 0 Å². The molecule has 3 N–H and O–H groups in total. The van der Waals surface area contributed by atoms with Crippen LogP contribution in [0.3, 0.4) is 0 Å². The van der Waals surface area contributed by atoms with Gasteiger partial charge < -0.3 is 5.73 Å². The molecule has 2 nitrogen and oxygen atoms in total. The van der Waals surface area contributed by atoms with E-state index in [1.54, 1.807) is 0 Å². The molecule has 0 aliphatic rings. The van der Waals surface area contributed by atoms with E-state index < -0.39 is 0 Å². The summed E-state index contributed by atoms with van der Waals surface area (Å²) in [5, 5.41) is 5.86. The summed E-state index contributed by atoms with van der Waals surface area (Å²) in [7, 11) is 0. The van der Waals surface area contributed by atoms with Crippen molar-refractivity contribution in [1.82, 2.24) is 0 Å². The van der Waals surface area contributed by atoms with Gasteiger partial charge in [0.1, 0.15) is 0 Å². The highest BCUT2D eigenvalue weighted by atomic mass is 14.6. The lowest BCUT2D eigenvalue weighted by molar-refractivity contribution is 0.529. The molecule has 0 aliphatic heterocycles. The molecule has 0 heterocycles. The Bertz CT molecular complexity index is 684. The molecule has 0 spiro atoms. The Morgan fingerprint density at radius 2 is 1.00 bits per heavy atom. The SMILES string of the molecule is CC.CC.CCC(CCCC(C)c1ccc(C(C)C)cc1)c1ccc(C(C)C)cc1.N=CN. The largest absolute Gasteiger partial charge is 0.390 e. The quantitative estimate of drug-likeness (QED) is 0.287. The van der Waals surface area contributed by atoms with E-state index in [9.17, 15) is 0 Å². The number of nitrogens with two attached hydrogens (primary N) is 1. The molecule has 0 fully saturated rings. The fraction of sp³-hybridized carbons (Fsp3) is 0.581. The molecular formula is C31H54N2. The second kappa shape index (κ2) is 20.5. The third-order valence-electron chi connectivity index (χ3n) is 5.93. The van der Waals surface area contributed by atoms with Crippen molar-refractivity contribution in [3.05, 3.63) is 70.8 Å². The van der Waals surface area contributed by atoms with Crippen molar-refractivity contribution in [1.29, 1.82) is 5.41 Å². The third kappa shape index (κ3) is 13.3. The standard InChI is InChI=1S/C26H38.2C2H6.CH4N2/c1-7-22(26-17-13-24(14-18-26)20(4)5)10-8-9-21(6)25-15-11-23(12-16-25)19(2)3;2*1-2;2-1-3/h11-22H,7-10H2,1-6H3;2*1-2H3;1H,(H3,2,3). The Morgan fingerprint density at radius 1 is 0.667 bits per heavy atom. The van der Waals surface area contributed by atoms with E-state index >= 15 is 0 Å². The molecule has 2 rings (SSSR count). The van der Waals surface area contributed by atoms with Crippen LogP contribution in [0.25, 0.3) is 0 Å². The minimum atomic E-state index is 0.617. The summed E-state index contributed by atoms with van der Waals surface area (Å²) >= 11 is 0. The minimum absolute atomic E-state index is 0.617. The maximum absolute atomic E-state index is 5.86. The third-order valence-corrected chi connectivity index (χ3v) is 5.93. The monoisotopic (exact) mass is 454 g/mol. The fourth-order valence-corrected chi connectivity index (χ4v) is 3.81. The average Bonchev–Trinajstić information content (AvgIpc) is 2.85. The van der Waals surface area contributed by atoms with Gasteiger partial charge in [0.25, 0.3) is 0 Å². The molecule has 0 saturated heterocycles. The molecule has 2 unspecified atom stereocenters. The van der Waals surface area contributed by atoms with E-state index in [2.05, 4.69) is 95.8 Å². The van der Waals surface area contributed by atoms with Gasteiger partial charge in [0.2, 0.25) is 0 Å². The van der Waals surface area contributed by atoms with Crippen LogP contribution in [-0.2, 0) is 0 Å². The van der Waals surface area contributed by atoms with E-state index in [0.29, 0.717) is 23.7 Å². The lowest BCUT2D eigenvalue weighted by atomic mass is 9.87. The first-order valence-corrected chi connectivity index (χ1v) is 13.2. The molecule has 0 aliphatic carbocycles. The van der Waals surface area contributed by atoms with Crippen LogP contribution in [0.15, 0.2) is 48.5 Å². The van der Waals surface area contributed by atoms with Crippen molar-refractivity contribution in [2.75, 3.05) is 0 Å². The molecule has 0 amide bonds. The Hall–Kier alpha value is -2.09. The van der Waals surface area contributed by atoms with Crippen LogP contribution in [-0.4, -0.2) is 6.34 Å². The second-order valence-electron chi connectivity index (χ2n) is 8.75. The summed E-state index contributed by atoms with van der Waals surface area (Å²) in [4.78, 5) is 0. The predicted octanol–water partition coefficient (Wildman–Crippen LogP) is 10.0. The summed E-state index contributed by atoms with van der Waals surface area (Å²) < 4.78 is 0. The average molecular weight is 455 g/mol. The molecule has 2 heteroatoms. The number of nitrogens with one attached hydrogen (secondary N) is 1. The lowest BCUT2D eigenvalue weighted by Gasteiger charge is -2.18. The van der Waals surface area contributed by atoms with Crippen molar-refractivity contribution in [3.63, 3.8) is 0 Å². The first-order chi connectivity index (χ1) is 15.8. The molecule has 188 valence electrons. The Labute approximate surface area is 206 Å².